The summed E-state index contributed by atoms with van der Waals surface area (Å²) in [5.74, 6) is -1.35. The molecule has 0 fully saturated rings. The van der Waals surface area contributed by atoms with Crippen molar-refractivity contribution >= 4 is 11.7 Å². The number of halogens is 2. The number of hydrogen-bond acceptors (Lipinski definition) is 3. The van der Waals surface area contributed by atoms with Crippen molar-refractivity contribution in [1.29, 1.82) is 0 Å². The summed E-state index contributed by atoms with van der Waals surface area (Å²) in [4.78, 5) is 13.7. The van der Waals surface area contributed by atoms with E-state index in [-0.39, 0.29) is 11.3 Å². The van der Waals surface area contributed by atoms with Crippen molar-refractivity contribution in [2.24, 2.45) is 0 Å². The number of nitrogens with two attached hydrogens (primary N) is 1. The van der Waals surface area contributed by atoms with Crippen LogP contribution in [0.5, 0.6) is 0 Å². The molecular weight excluding hydrogens is 194 g/mol. The molecule has 4 nitrogen and oxygen atoms in total. The van der Waals surface area contributed by atoms with Gasteiger partial charge in [-0.2, -0.15) is 0 Å². The Morgan fingerprint density at radius 2 is 2.21 bits per heavy atom. The Hall–Kier alpha value is -1.72. The zero-order valence-electron chi connectivity index (χ0n) is 7.29. The lowest BCUT2D eigenvalue weighted by Gasteiger charge is -2.07. The van der Waals surface area contributed by atoms with E-state index in [0.29, 0.717) is 0 Å². The van der Waals surface area contributed by atoms with Crippen molar-refractivity contribution in [1.82, 2.24) is 4.98 Å². The van der Waals surface area contributed by atoms with Gasteiger partial charge in [-0.3, -0.25) is 0 Å². The number of nitrogen functional groups attached to an aromatic ring is 1. The van der Waals surface area contributed by atoms with E-state index in [1.807, 2.05) is 0 Å². The number of aromatic carboxylic acids is 1. The fourth-order valence-electron chi connectivity index (χ4n) is 0.983. The molecule has 0 radical (unpaired) electrons. The Morgan fingerprint density at radius 1 is 1.64 bits per heavy atom. The molecule has 1 aromatic rings. The number of carbonyl (C=O) groups is 1. The van der Waals surface area contributed by atoms with Gasteiger partial charge < -0.3 is 10.8 Å². The van der Waals surface area contributed by atoms with Crippen LogP contribution in [0.4, 0.5) is 14.5 Å². The fourth-order valence-corrected chi connectivity index (χ4v) is 0.983. The van der Waals surface area contributed by atoms with E-state index in [4.69, 9.17) is 10.8 Å². The van der Waals surface area contributed by atoms with Gasteiger partial charge in [-0.15, -0.1) is 0 Å². The highest BCUT2D eigenvalue weighted by molar-refractivity contribution is 5.86. The van der Waals surface area contributed by atoms with Crippen molar-refractivity contribution in [3.8, 4) is 0 Å². The summed E-state index contributed by atoms with van der Waals surface area (Å²) in [6, 6.07) is 1.16. The van der Waals surface area contributed by atoms with Gasteiger partial charge in [0, 0.05) is 0 Å². The van der Waals surface area contributed by atoms with Crippen molar-refractivity contribution < 1.29 is 18.7 Å². The summed E-state index contributed by atoms with van der Waals surface area (Å²) in [5.41, 5.74) is 4.34. The second-order valence-corrected chi connectivity index (χ2v) is 2.73. The minimum absolute atomic E-state index is 0.162. The fraction of sp³-hybridized carbons (Fsp3) is 0.250. The van der Waals surface area contributed by atoms with Gasteiger partial charge in [0.1, 0.15) is 11.4 Å². The maximum absolute atomic E-state index is 12.3. The number of carboxylic acid groups (broad SMARTS) is 1. The van der Waals surface area contributed by atoms with Gasteiger partial charge in [0.2, 0.25) is 0 Å². The van der Waals surface area contributed by atoms with Crippen LogP contribution < -0.4 is 5.73 Å². The summed E-state index contributed by atoms with van der Waals surface area (Å²) >= 11 is 0. The summed E-state index contributed by atoms with van der Waals surface area (Å²) < 4.78 is 24.6. The number of aryl methyl sites for hydroxylation is 1. The number of nitrogens with zero attached hydrogens (tertiary/aromatic N) is 1. The quantitative estimate of drug-likeness (QED) is 0.763. The lowest BCUT2D eigenvalue weighted by molar-refractivity contribution is 0.0688. The molecule has 0 spiro atoms. The normalized spacial score (nSPS) is 10.6. The minimum Gasteiger partial charge on any atom is -0.477 e. The molecule has 0 aromatic carbocycles. The van der Waals surface area contributed by atoms with E-state index in [1.165, 1.54) is 6.92 Å². The molecule has 6 heteroatoms. The Balaban J connectivity index is 3.35. The summed E-state index contributed by atoms with van der Waals surface area (Å²) in [5, 5.41) is 8.56. The highest BCUT2D eigenvalue weighted by atomic mass is 19.3. The standard InChI is InChI=1S/C8H8F2N2O2/c1-3-2-4(8(13)14)12-6(5(3)11)7(9)10/h2,7H,11H2,1H3,(H,13,14). The highest BCUT2D eigenvalue weighted by Crippen LogP contribution is 2.25. The van der Waals surface area contributed by atoms with Crippen molar-refractivity contribution in [2.75, 3.05) is 5.73 Å². The first-order chi connectivity index (χ1) is 6.43. The van der Waals surface area contributed by atoms with Crippen molar-refractivity contribution in [3.63, 3.8) is 0 Å². The number of aromatic nitrogens is 1. The van der Waals surface area contributed by atoms with Crippen LogP contribution in [-0.2, 0) is 0 Å². The van der Waals surface area contributed by atoms with Gasteiger partial charge in [0.15, 0.2) is 0 Å². The van der Waals surface area contributed by atoms with E-state index >= 15 is 0 Å². The third-order valence-corrected chi connectivity index (χ3v) is 1.72. The van der Waals surface area contributed by atoms with Crippen LogP contribution in [0.15, 0.2) is 6.07 Å². The van der Waals surface area contributed by atoms with Gasteiger partial charge in [-0.05, 0) is 18.6 Å². The minimum atomic E-state index is -2.87. The monoisotopic (exact) mass is 202 g/mol. The second-order valence-electron chi connectivity index (χ2n) is 2.73. The average molecular weight is 202 g/mol. The number of carboxylic acids is 1. The molecule has 0 amide bonds. The Kier molecular flexibility index (Phi) is 2.64. The second kappa shape index (κ2) is 3.57. The zero-order chi connectivity index (χ0) is 10.9. The summed E-state index contributed by atoms with van der Waals surface area (Å²) in [6.45, 7) is 1.45. The largest absolute Gasteiger partial charge is 0.477 e. The van der Waals surface area contributed by atoms with Crippen molar-refractivity contribution in [3.05, 3.63) is 23.0 Å². The lowest BCUT2D eigenvalue weighted by atomic mass is 10.1. The van der Waals surface area contributed by atoms with E-state index in [0.717, 1.165) is 6.07 Å². The average Bonchev–Trinajstić information content (AvgIpc) is 2.08. The van der Waals surface area contributed by atoms with E-state index in [1.54, 1.807) is 0 Å². The van der Waals surface area contributed by atoms with Crippen LogP contribution in [0.2, 0.25) is 0 Å². The molecule has 0 saturated carbocycles. The predicted molar refractivity (Wildman–Crippen MR) is 45.3 cm³/mol. The molecule has 0 bridgehead atoms. The van der Waals surface area contributed by atoms with Gasteiger partial charge in [-0.1, -0.05) is 0 Å². The maximum atomic E-state index is 12.3. The van der Waals surface area contributed by atoms with Gasteiger partial charge in [0.05, 0.1) is 5.69 Å². The molecule has 1 heterocycles. The number of rotatable bonds is 2. The third kappa shape index (κ3) is 1.78. The Bertz CT molecular complexity index is 380. The Morgan fingerprint density at radius 3 is 2.64 bits per heavy atom. The lowest BCUT2D eigenvalue weighted by Crippen LogP contribution is -2.08. The van der Waals surface area contributed by atoms with E-state index < -0.39 is 23.8 Å². The molecule has 76 valence electrons. The molecule has 0 aliphatic carbocycles. The first-order valence-electron chi connectivity index (χ1n) is 3.72. The molecule has 0 atom stereocenters. The zero-order valence-corrected chi connectivity index (χ0v) is 7.29. The molecule has 1 aromatic heterocycles. The van der Waals surface area contributed by atoms with Crippen LogP contribution in [0, 0.1) is 6.92 Å². The molecule has 0 aliphatic rings. The molecule has 0 unspecified atom stereocenters. The SMILES string of the molecule is Cc1cc(C(=O)O)nc(C(F)F)c1N. The first-order valence-corrected chi connectivity index (χ1v) is 3.72. The van der Waals surface area contributed by atoms with Crippen LogP contribution >= 0.6 is 0 Å². The molecule has 0 saturated heterocycles. The summed E-state index contributed by atoms with van der Waals surface area (Å²) in [6.07, 6.45) is -2.87. The first kappa shape index (κ1) is 10.4. The maximum Gasteiger partial charge on any atom is 0.354 e. The van der Waals surface area contributed by atoms with Crippen LogP contribution in [0.3, 0.4) is 0 Å². The van der Waals surface area contributed by atoms with Crippen LogP contribution in [0.1, 0.15) is 28.2 Å². The van der Waals surface area contributed by atoms with E-state index in [9.17, 15) is 13.6 Å². The smallest absolute Gasteiger partial charge is 0.354 e. The molecular formula is C8H8F2N2O2. The number of anilines is 1. The molecule has 1 rings (SSSR count). The number of hydrogen-bond donors (Lipinski definition) is 2. The molecule has 14 heavy (non-hydrogen) atoms. The molecule has 0 aliphatic heterocycles. The number of alkyl halides is 2. The molecule has 3 N–H and O–H groups in total. The van der Waals surface area contributed by atoms with Gasteiger partial charge in [0.25, 0.3) is 6.43 Å². The van der Waals surface area contributed by atoms with Gasteiger partial charge >= 0.3 is 5.97 Å². The Labute approximate surface area is 78.4 Å². The summed E-state index contributed by atoms with van der Waals surface area (Å²) in [7, 11) is 0. The third-order valence-electron chi connectivity index (χ3n) is 1.72. The topological polar surface area (TPSA) is 76.2 Å². The number of pyridine rings is 1. The van der Waals surface area contributed by atoms with Crippen LogP contribution in [0.25, 0.3) is 0 Å². The highest BCUT2D eigenvalue weighted by Gasteiger charge is 2.18. The van der Waals surface area contributed by atoms with Gasteiger partial charge in [-0.25, -0.2) is 18.6 Å². The van der Waals surface area contributed by atoms with Crippen LogP contribution in [-0.4, -0.2) is 16.1 Å². The van der Waals surface area contributed by atoms with Crippen molar-refractivity contribution in [2.45, 2.75) is 13.3 Å². The predicted octanol–water partition coefficient (Wildman–Crippen LogP) is 1.61. The van der Waals surface area contributed by atoms with E-state index in [2.05, 4.69) is 4.98 Å².